The van der Waals surface area contributed by atoms with Gasteiger partial charge in [-0.15, -0.1) is 0 Å². The summed E-state index contributed by atoms with van der Waals surface area (Å²) in [6.45, 7) is 0. The number of allylic oxidation sites excluding steroid dienone is 1. The van der Waals surface area contributed by atoms with Crippen LogP contribution in [0.5, 0.6) is 0 Å². The van der Waals surface area contributed by atoms with E-state index >= 15 is 0 Å². The zero-order valence-corrected chi connectivity index (χ0v) is 7.49. The maximum Gasteiger partial charge on any atom is 0.0923 e. The van der Waals surface area contributed by atoms with Crippen molar-refractivity contribution >= 4 is 30.0 Å². The van der Waals surface area contributed by atoms with E-state index in [1.165, 1.54) is 5.22 Å². The van der Waals surface area contributed by atoms with Crippen molar-refractivity contribution in [2.75, 3.05) is 10.6 Å². The lowest BCUT2D eigenvalue weighted by Gasteiger charge is -2.11. The van der Waals surface area contributed by atoms with Gasteiger partial charge >= 0.3 is 0 Å². The molecule has 0 fully saturated rings. The van der Waals surface area contributed by atoms with Gasteiger partial charge < -0.3 is 10.6 Å². The van der Waals surface area contributed by atoms with Gasteiger partial charge in [-0.05, 0) is 18.2 Å². The molecule has 2 aliphatic rings. The molecule has 0 aromatic heterocycles. The second kappa shape index (κ2) is 2.73. The molecule has 0 saturated carbocycles. The zero-order valence-electron chi connectivity index (χ0n) is 7.49. The number of benzene rings is 1. The minimum absolute atomic E-state index is 1.10. The first kappa shape index (κ1) is 7.38. The molecule has 0 aliphatic carbocycles. The van der Waals surface area contributed by atoms with Gasteiger partial charge in [0.15, 0.2) is 0 Å². The van der Waals surface area contributed by atoms with Gasteiger partial charge in [0.1, 0.15) is 0 Å². The average molecular weight is 183 g/mol. The van der Waals surface area contributed by atoms with Crippen molar-refractivity contribution in [1.29, 1.82) is 0 Å². The van der Waals surface area contributed by atoms with Gasteiger partial charge in [0.25, 0.3) is 0 Å². The number of nitrogens with zero attached hydrogens (tertiary/aromatic N) is 1. The van der Waals surface area contributed by atoms with Crippen LogP contribution in [0.3, 0.4) is 0 Å². The first-order chi connectivity index (χ1) is 6.93. The van der Waals surface area contributed by atoms with E-state index in [2.05, 4.69) is 33.8 Å². The summed E-state index contributed by atoms with van der Waals surface area (Å²) in [5, 5.41) is 8.63. The Kier molecular flexibility index (Phi) is 1.44. The quantitative estimate of drug-likeness (QED) is 0.618. The van der Waals surface area contributed by atoms with Crippen LogP contribution in [0.4, 0.5) is 11.4 Å². The Morgan fingerprint density at radius 3 is 2.86 bits per heavy atom. The Morgan fingerprint density at radius 1 is 1.00 bits per heavy atom. The number of anilines is 2. The molecule has 1 aromatic rings. The third-order valence-electron chi connectivity index (χ3n) is 2.34. The summed E-state index contributed by atoms with van der Waals surface area (Å²) in [6, 6.07) is 4.21. The highest BCUT2D eigenvalue weighted by Gasteiger charge is 2.02. The molecule has 0 bridgehead atoms. The lowest BCUT2D eigenvalue weighted by molar-refractivity contribution is 1.43. The fourth-order valence-corrected chi connectivity index (χ4v) is 1.64. The molecule has 2 N–H and O–H groups in total. The highest BCUT2D eigenvalue weighted by Crippen LogP contribution is 2.06. The molecule has 2 aliphatic heterocycles. The number of hydrogen-bond donors (Lipinski definition) is 2. The summed E-state index contributed by atoms with van der Waals surface area (Å²) >= 11 is 0. The molecule has 0 saturated heterocycles. The summed E-state index contributed by atoms with van der Waals surface area (Å²) in [5.74, 6) is 0. The van der Waals surface area contributed by atoms with Crippen molar-refractivity contribution in [1.82, 2.24) is 0 Å². The highest BCUT2D eigenvalue weighted by atomic mass is 15.0. The van der Waals surface area contributed by atoms with Crippen LogP contribution in [0.1, 0.15) is 0 Å². The Balaban J connectivity index is 2.35. The average Bonchev–Trinajstić information content (AvgIpc) is 2.26. The van der Waals surface area contributed by atoms with Crippen molar-refractivity contribution < 1.29 is 0 Å². The predicted octanol–water partition coefficient (Wildman–Crippen LogP) is 0.598. The lowest BCUT2D eigenvalue weighted by Crippen LogP contribution is -2.21. The van der Waals surface area contributed by atoms with E-state index in [4.69, 9.17) is 0 Å². The minimum Gasteiger partial charge on any atom is -0.361 e. The van der Waals surface area contributed by atoms with Crippen LogP contribution in [-0.2, 0) is 0 Å². The van der Waals surface area contributed by atoms with Crippen molar-refractivity contribution in [3.63, 3.8) is 0 Å². The maximum absolute atomic E-state index is 4.05. The van der Waals surface area contributed by atoms with Crippen LogP contribution in [-0.4, -0.2) is 6.34 Å². The largest absolute Gasteiger partial charge is 0.361 e. The SMILES string of the molecule is C1=CNc2cc3c(cc2=C1)NC=NC=3. The van der Waals surface area contributed by atoms with E-state index in [1.807, 2.05) is 18.5 Å². The van der Waals surface area contributed by atoms with E-state index in [-0.39, 0.29) is 0 Å². The van der Waals surface area contributed by atoms with E-state index < -0.39 is 0 Å². The Labute approximate surface area is 81.2 Å². The summed E-state index contributed by atoms with van der Waals surface area (Å²) in [4.78, 5) is 4.05. The second-order valence-electron chi connectivity index (χ2n) is 3.25. The molecule has 0 spiro atoms. The number of fused-ring (bicyclic) bond motifs is 2. The molecular formula is C11H9N3. The van der Waals surface area contributed by atoms with Crippen molar-refractivity contribution in [3.05, 3.63) is 34.8 Å². The van der Waals surface area contributed by atoms with E-state index in [0.29, 0.717) is 0 Å². The van der Waals surface area contributed by atoms with Gasteiger partial charge in [0.05, 0.1) is 6.34 Å². The molecule has 14 heavy (non-hydrogen) atoms. The highest BCUT2D eigenvalue weighted by molar-refractivity contribution is 5.82. The summed E-state index contributed by atoms with van der Waals surface area (Å²) in [6.07, 6.45) is 9.55. The Morgan fingerprint density at radius 2 is 1.86 bits per heavy atom. The molecule has 0 radical (unpaired) electrons. The van der Waals surface area contributed by atoms with E-state index in [0.717, 1.165) is 16.6 Å². The summed E-state index contributed by atoms with van der Waals surface area (Å²) in [5.41, 5.74) is 2.23. The Hall–Kier alpha value is -2.03. The van der Waals surface area contributed by atoms with Crippen LogP contribution >= 0.6 is 0 Å². The summed E-state index contributed by atoms with van der Waals surface area (Å²) < 4.78 is 0. The Bertz CT molecular complexity index is 501. The number of nitrogens with one attached hydrogen (secondary N) is 2. The molecule has 0 atom stereocenters. The topological polar surface area (TPSA) is 36.4 Å². The molecule has 3 nitrogen and oxygen atoms in total. The predicted molar refractivity (Wildman–Crippen MR) is 59.5 cm³/mol. The molecule has 68 valence electrons. The van der Waals surface area contributed by atoms with Crippen molar-refractivity contribution in [2.45, 2.75) is 0 Å². The first-order valence-corrected chi connectivity index (χ1v) is 4.49. The minimum atomic E-state index is 1.10. The lowest BCUT2D eigenvalue weighted by atomic mass is 10.1. The monoisotopic (exact) mass is 183 g/mol. The zero-order chi connectivity index (χ0) is 9.38. The van der Waals surface area contributed by atoms with Crippen molar-refractivity contribution in [3.8, 4) is 0 Å². The molecule has 0 unspecified atom stereocenters. The number of aliphatic imine (C=N–C) groups is 1. The molecule has 3 heteroatoms. The fraction of sp³-hybridized carbons (Fsp3) is 0. The van der Waals surface area contributed by atoms with Crippen LogP contribution in [0.25, 0.3) is 12.3 Å². The van der Waals surface area contributed by atoms with Crippen LogP contribution < -0.4 is 21.1 Å². The molecule has 1 aromatic carbocycles. The second-order valence-corrected chi connectivity index (χ2v) is 3.25. The van der Waals surface area contributed by atoms with E-state index in [1.54, 1.807) is 6.34 Å². The van der Waals surface area contributed by atoms with Crippen LogP contribution in [0, 0.1) is 0 Å². The third-order valence-corrected chi connectivity index (χ3v) is 2.34. The third kappa shape index (κ3) is 1.03. The van der Waals surface area contributed by atoms with Gasteiger partial charge in [-0.2, -0.15) is 0 Å². The van der Waals surface area contributed by atoms with Gasteiger partial charge in [0.2, 0.25) is 0 Å². The molecule has 3 rings (SSSR count). The standard InChI is InChI=1S/C11H9N3/c1-2-8-4-11-9(6-12-7-14-11)5-10(8)13-3-1/h1-7,13H,(H,12,14). The summed E-state index contributed by atoms with van der Waals surface area (Å²) in [7, 11) is 0. The van der Waals surface area contributed by atoms with Crippen LogP contribution in [0.2, 0.25) is 0 Å². The first-order valence-electron chi connectivity index (χ1n) is 4.49. The van der Waals surface area contributed by atoms with E-state index in [9.17, 15) is 0 Å². The van der Waals surface area contributed by atoms with Crippen molar-refractivity contribution in [2.24, 2.45) is 4.99 Å². The molecule has 0 amide bonds. The number of hydrogen-bond acceptors (Lipinski definition) is 3. The number of rotatable bonds is 0. The normalized spacial score (nSPS) is 15.4. The van der Waals surface area contributed by atoms with Gasteiger partial charge in [-0.1, -0.05) is 6.08 Å². The fourth-order valence-electron chi connectivity index (χ4n) is 1.64. The maximum atomic E-state index is 4.05. The van der Waals surface area contributed by atoms with Gasteiger partial charge in [0, 0.05) is 34.2 Å². The molecule has 2 heterocycles. The van der Waals surface area contributed by atoms with Crippen LogP contribution in [0.15, 0.2) is 29.4 Å². The van der Waals surface area contributed by atoms with Gasteiger partial charge in [-0.3, -0.25) is 0 Å². The van der Waals surface area contributed by atoms with Gasteiger partial charge in [-0.25, -0.2) is 4.99 Å². The molecular weight excluding hydrogens is 174 g/mol. The smallest absolute Gasteiger partial charge is 0.0923 e.